The topological polar surface area (TPSA) is 40.6 Å². The monoisotopic (exact) mass is 388 g/mol. The molecule has 0 amide bonds. The maximum absolute atomic E-state index is 13.2. The van der Waals surface area contributed by atoms with Crippen LogP contribution in [-0.2, 0) is 10.0 Å². The highest BCUT2D eigenvalue weighted by atomic mass is 32.2. The Hall–Kier alpha value is -0.910. The van der Waals surface area contributed by atoms with Crippen molar-refractivity contribution in [1.29, 1.82) is 0 Å². The van der Waals surface area contributed by atoms with E-state index in [4.69, 9.17) is 0 Å². The van der Waals surface area contributed by atoms with Gasteiger partial charge in [-0.2, -0.15) is 4.31 Å². The van der Waals surface area contributed by atoms with E-state index in [0.717, 1.165) is 53.9 Å². The number of hydrogen-bond donors (Lipinski definition) is 0. The van der Waals surface area contributed by atoms with Gasteiger partial charge in [0, 0.05) is 32.2 Å². The van der Waals surface area contributed by atoms with Gasteiger partial charge in [0.1, 0.15) is 0 Å². The second kappa shape index (κ2) is 6.57. The highest BCUT2D eigenvalue weighted by molar-refractivity contribution is 7.89. The van der Waals surface area contributed by atoms with Crippen molar-refractivity contribution in [3.05, 3.63) is 29.3 Å². The van der Waals surface area contributed by atoms with Gasteiger partial charge in [0.2, 0.25) is 10.0 Å². The van der Waals surface area contributed by atoms with Crippen LogP contribution >= 0.6 is 0 Å². The smallest absolute Gasteiger partial charge is 0.243 e. The molecule has 6 rings (SSSR count). The van der Waals surface area contributed by atoms with Gasteiger partial charge in [-0.25, -0.2) is 8.42 Å². The lowest BCUT2D eigenvalue weighted by Gasteiger charge is -2.58. The molecule has 4 aliphatic carbocycles. The van der Waals surface area contributed by atoms with E-state index in [1.54, 1.807) is 10.4 Å². The van der Waals surface area contributed by atoms with Gasteiger partial charge in [0.25, 0.3) is 0 Å². The summed E-state index contributed by atoms with van der Waals surface area (Å²) in [5.74, 6) is 3.75. The van der Waals surface area contributed by atoms with E-state index in [2.05, 4.69) is 4.90 Å². The average molecular weight is 389 g/mol. The summed E-state index contributed by atoms with van der Waals surface area (Å²) in [6.07, 6.45) is 7.20. The van der Waals surface area contributed by atoms with Gasteiger partial charge in [-0.1, -0.05) is 17.7 Å². The third-order valence-corrected chi connectivity index (χ3v) is 9.88. The summed E-state index contributed by atoms with van der Waals surface area (Å²) in [6.45, 7) is 6.99. The predicted octanol–water partition coefficient (Wildman–Crippen LogP) is 3.43. The van der Waals surface area contributed by atoms with Crippen molar-refractivity contribution < 1.29 is 8.42 Å². The SMILES string of the molecule is Cc1ccc(S(=O)(=O)N2CCN(C3C4CC5CC(C4)CC3C5)CC2)c(C)c1. The highest BCUT2D eigenvalue weighted by Crippen LogP contribution is 2.55. The Morgan fingerprint density at radius 2 is 1.44 bits per heavy atom. The summed E-state index contributed by atoms with van der Waals surface area (Å²) >= 11 is 0. The molecule has 1 saturated heterocycles. The van der Waals surface area contributed by atoms with Crippen LogP contribution in [0.1, 0.15) is 43.2 Å². The fraction of sp³-hybridized carbons (Fsp3) is 0.727. The van der Waals surface area contributed by atoms with Gasteiger partial charge in [-0.15, -0.1) is 0 Å². The predicted molar refractivity (Wildman–Crippen MR) is 107 cm³/mol. The Morgan fingerprint density at radius 3 is 2.00 bits per heavy atom. The number of sulfonamides is 1. The van der Waals surface area contributed by atoms with Crippen LogP contribution in [0.25, 0.3) is 0 Å². The number of piperazine rings is 1. The first kappa shape index (κ1) is 18.1. The molecule has 1 aromatic carbocycles. The van der Waals surface area contributed by atoms with Gasteiger partial charge in [-0.05, 0) is 81.3 Å². The summed E-state index contributed by atoms with van der Waals surface area (Å²) in [5.41, 5.74) is 1.97. The summed E-state index contributed by atoms with van der Waals surface area (Å²) in [5, 5.41) is 0. The molecule has 5 aliphatic rings. The molecular formula is C22H32N2O2S. The van der Waals surface area contributed by atoms with E-state index in [1.165, 1.54) is 32.1 Å². The zero-order valence-electron chi connectivity index (χ0n) is 16.6. The van der Waals surface area contributed by atoms with Crippen LogP contribution in [0.4, 0.5) is 0 Å². The van der Waals surface area contributed by atoms with Crippen LogP contribution in [-0.4, -0.2) is 49.8 Å². The van der Waals surface area contributed by atoms with Crippen molar-refractivity contribution in [1.82, 2.24) is 9.21 Å². The maximum Gasteiger partial charge on any atom is 0.243 e. The molecule has 5 heteroatoms. The zero-order chi connectivity index (χ0) is 18.8. The number of aryl methyl sites for hydroxylation is 2. The maximum atomic E-state index is 13.2. The van der Waals surface area contributed by atoms with Crippen molar-refractivity contribution in [2.45, 2.75) is 56.9 Å². The van der Waals surface area contributed by atoms with Crippen molar-refractivity contribution >= 4 is 10.0 Å². The van der Waals surface area contributed by atoms with Crippen molar-refractivity contribution in [3.63, 3.8) is 0 Å². The minimum atomic E-state index is -3.38. The first-order valence-corrected chi connectivity index (χ1v) is 12.2. The zero-order valence-corrected chi connectivity index (χ0v) is 17.4. The summed E-state index contributed by atoms with van der Waals surface area (Å²) in [7, 11) is -3.38. The number of nitrogens with zero attached hydrogens (tertiary/aromatic N) is 2. The second-order valence-electron chi connectivity index (χ2n) is 9.63. The lowest BCUT2D eigenvalue weighted by atomic mass is 9.54. The molecular weight excluding hydrogens is 356 g/mol. The van der Waals surface area contributed by atoms with Crippen LogP contribution in [0.3, 0.4) is 0 Å². The molecule has 4 saturated carbocycles. The van der Waals surface area contributed by atoms with Gasteiger partial charge < -0.3 is 0 Å². The molecule has 4 bridgehead atoms. The van der Waals surface area contributed by atoms with Gasteiger partial charge in [0.05, 0.1) is 4.90 Å². The molecule has 0 aromatic heterocycles. The lowest BCUT2D eigenvalue weighted by Crippen LogP contribution is -2.60. The van der Waals surface area contributed by atoms with Crippen molar-refractivity contribution in [2.75, 3.05) is 26.2 Å². The Balaban J connectivity index is 1.29. The Morgan fingerprint density at radius 1 is 0.852 bits per heavy atom. The molecule has 0 unspecified atom stereocenters. The third-order valence-electron chi connectivity index (χ3n) is 7.82. The van der Waals surface area contributed by atoms with E-state index in [-0.39, 0.29) is 0 Å². The molecule has 1 aliphatic heterocycles. The van der Waals surface area contributed by atoms with Crippen LogP contribution < -0.4 is 0 Å². The molecule has 0 spiro atoms. The fourth-order valence-electron chi connectivity index (χ4n) is 6.96. The quantitative estimate of drug-likeness (QED) is 0.796. The summed E-state index contributed by atoms with van der Waals surface area (Å²) in [4.78, 5) is 3.14. The molecule has 5 fully saturated rings. The second-order valence-corrected chi connectivity index (χ2v) is 11.5. The van der Waals surface area contributed by atoms with Gasteiger partial charge >= 0.3 is 0 Å². The van der Waals surface area contributed by atoms with E-state index in [0.29, 0.717) is 18.0 Å². The number of rotatable bonds is 3. The highest BCUT2D eigenvalue weighted by Gasteiger charge is 2.50. The molecule has 1 aromatic rings. The molecule has 27 heavy (non-hydrogen) atoms. The minimum Gasteiger partial charge on any atom is -0.297 e. The van der Waals surface area contributed by atoms with Gasteiger partial charge in [0.15, 0.2) is 0 Å². The van der Waals surface area contributed by atoms with Crippen LogP contribution in [0, 0.1) is 37.5 Å². The molecule has 4 nitrogen and oxygen atoms in total. The van der Waals surface area contributed by atoms with Gasteiger partial charge in [-0.3, -0.25) is 4.90 Å². The normalized spacial score (nSPS) is 37.0. The van der Waals surface area contributed by atoms with E-state index in [9.17, 15) is 8.42 Å². The molecule has 0 N–H and O–H groups in total. The fourth-order valence-corrected chi connectivity index (χ4v) is 8.59. The van der Waals surface area contributed by atoms with Crippen LogP contribution in [0.2, 0.25) is 0 Å². The summed E-state index contributed by atoms with van der Waals surface area (Å²) in [6, 6.07) is 6.38. The molecule has 0 atom stereocenters. The Labute approximate surface area is 164 Å². The first-order chi connectivity index (χ1) is 12.9. The Bertz CT molecular complexity index is 799. The summed E-state index contributed by atoms with van der Waals surface area (Å²) < 4.78 is 28.0. The van der Waals surface area contributed by atoms with Crippen LogP contribution in [0.5, 0.6) is 0 Å². The molecule has 148 valence electrons. The lowest BCUT2D eigenvalue weighted by molar-refractivity contribution is -0.0720. The Kier molecular flexibility index (Phi) is 4.41. The first-order valence-electron chi connectivity index (χ1n) is 10.7. The standard InChI is InChI=1S/C22H32N2O2S/c1-15-3-4-21(16(2)9-15)27(25,26)24-7-5-23(6-8-24)22-19-11-17-10-18(13-19)14-20(22)12-17/h3-4,9,17-20,22H,5-8,10-14H2,1-2H3. The number of benzene rings is 1. The minimum absolute atomic E-state index is 0.483. The molecule has 1 heterocycles. The van der Waals surface area contributed by atoms with Crippen LogP contribution in [0.15, 0.2) is 23.1 Å². The third kappa shape index (κ3) is 3.06. The van der Waals surface area contributed by atoms with E-state index < -0.39 is 10.0 Å². The molecule has 0 radical (unpaired) electrons. The van der Waals surface area contributed by atoms with E-state index in [1.807, 2.05) is 26.0 Å². The van der Waals surface area contributed by atoms with Crippen molar-refractivity contribution in [2.24, 2.45) is 23.7 Å². The average Bonchev–Trinajstić information content (AvgIpc) is 2.61. The largest absolute Gasteiger partial charge is 0.297 e. The van der Waals surface area contributed by atoms with E-state index >= 15 is 0 Å². The number of hydrogen-bond acceptors (Lipinski definition) is 3. The van der Waals surface area contributed by atoms with Crippen molar-refractivity contribution in [3.8, 4) is 0 Å².